The largest absolute Gasteiger partial charge is 0.469 e. The first kappa shape index (κ1) is 20.2. The highest BCUT2D eigenvalue weighted by molar-refractivity contribution is 7.53. The highest BCUT2D eigenvalue weighted by Gasteiger charge is 2.66. The topological polar surface area (TPSA) is 244 Å². The molecule has 0 bridgehead atoms. The van der Waals surface area contributed by atoms with Crippen molar-refractivity contribution < 1.29 is 48.2 Å². The highest BCUT2D eigenvalue weighted by atomic mass is 31.2. The third-order valence-electron chi connectivity index (χ3n) is 4.00. The van der Waals surface area contributed by atoms with Gasteiger partial charge in [0.1, 0.15) is 24.1 Å². The zero-order valence-electron chi connectivity index (χ0n) is 13.2. The van der Waals surface area contributed by atoms with Gasteiger partial charge in [-0.2, -0.15) is 0 Å². The van der Waals surface area contributed by atoms with Crippen LogP contribution in [-0.4, -0.2) is 73.5 Å². The monoisotopic (exact) mass is 427 g/mol. The smallest absolute Gasteiger partial charge is 0.385 e. The van der Waals surface area contributed by atoms with Crippen molar-refractivity contribution in [2.75, 3.05) is 12.3 Å². The van der Waals surface area contributed by atoms with Crippen molar-refractivity contribution in [3.63, 3.8) is 0 Å². The Balaban J connectivity index is 2.04. The summed E-state index contributed by atoms with van der Waals surface area (Å²) in [6, 6.07) is 0. The number of phosphoric ester groups is 1. The molecule has 2 aromatic rings. The molecule has 0 aliphatic carbocycles. The minimum atomic E-state index is -5.47. The fraction of sp³-hybridized carbons (Fsp3) is 0.500. The second kappa shape index (κ2) is 6.53. The second-order valence-electron chi connectivity index (χ2n) is 5.66. The van der Waals surface area contributed by atoms with Crippen LogP contribution in [-0.2, 0) is 18.4 Å². The number of aliphatic hydroxyl groups excluding tert-OH is 1. The number of nitrogens with zero attached hydrogens (tertiary/aromatic N) is 4. The third kappa shape index (κ3) is 3.39. The predicted molar refractivity (Wildman–Crippen MR) is 84.6 cm³/mol. The number of nitrogens with two attached hydrogens (primary N) is 1. The summed E-state index contributed by atoms with van der Waals surface area (Å²) in [7, 11) is -10.5. The molecule has 3 rings (SSSR count). The van der Waals surface area contributed by atoms with Crippen molar-refractivity contribution in [1.82, 2.24) is 19.5 Å². The van der Waals surface area contributed by atoms with Crippen LogP contribution in [0.1, 0.15) is 6.23 Å². The molecule has 0 aromatic carbocycles. The number of nitrogen functional groups attached to an aromatic ring is 1. The number of aliphatic hydroxyl groups is 2. The lowest BCUT2D eigenvalue weighted by Gasteiger charge is -2.31. The van der Waals surface area contributed by atoms with Crippen LogP contribution in [0.3, 0.4) is 0 Å². The van der Waals surface area contributed by atoms with E-state index in [1.165, 1.54) is 0 Å². The number of imidazole rings is 1. The van der Waals surface area contributed by atoms with Crippen molar-refractivity contribution in [3.05, 3.63) is 12.7 Å². The molecule has 2 aromatic heterocycles. The molecule has 17 heteroatoms. The van der Waals surface area contributed by atoms with Gasteiger partial charge in [-0.1, -0.05) is 0 Å². The highest BCUT2D eigenvalue weighted by Crippen LogP contribution is 2.59. The summed E-state index contributed by atoms with van der Waals surface area (Å²) in [4.78, 5) is 48.1. The Kier molecular flexibility index (Phi) is 4.89. The maximum absolute atomic E-state index is 11.8. The third-order valence-corrected chi connectivity index (χ3v) is 5.98. The molecule has 1 saturated heterocycles. The van der Waals surface area contributed by atoms with Crippen LogP contribution >= 0.6 is 15.4 Å². The maximum atomic E-state index is 11.8. The van der Waals surface area contributed by atoms with E-state index >= 15 is 0 Å². The number of phosphoric acid groups is 1. The molecule has 0 saturated carbocycles. The zero-order chi connectivity index (χ0) is 20.2. The fourth-order valence-corrected chi connectivity index (χ4v) is 4.02. The van der Waals surface area contributed by atoms with Gasteiger partial charge in [0.05, 0.1) is 12.9 Å². The summed E-state index contributed by atoms with van der Waals surface area (Å²) < 4.78 is 33.2. The molecule has 150 valence electrons. The SMILES string of the molecule is Nc1ncnc2c1ncn2[C@@H]1O[C@H](COP(=O)(O)O)[C@](O)(P(=O)(O)O)[C@H]1O. The van der Waals surface area contributed by atoms with Crippen molar-refractivity contribution in [2.45, 2.75) is 23.8 Å². The summed E-state index contributed by atoms with van der Waals surface area (Å²) in [6.45, 7) is -1.12. The van der Waals surface area contributed by atoms with Gasteiger partial charge in [-0.05, 0) is 0 Å². The summed E-state index contributed by atoms with van der Waals surface area (Å²) in [5, 5.41) is 17.7. The number of hydrogen-bond acceptors (Lipinski definition) is 10. The van der Waals surface area contributed by atoms with Gasteiger partial charge < -0.3 is 40.3 Å². The van der Waals surface area contributed by atoms with Crippen molar-refractivity contribution in [3.8, 4) is 0 Å². The molecule has 0 unspecified atom stereocenters. The summed E-state index contributed by atoms with van der Waals surface area (Å²) in [6.07, 6.45) is -3.72. The van der Waals surface area contributed by atoms with Crippen LogP contribution in [0.25, 0.3) is 11.2 Å². The van der Waals surface area contributed by atoms with E-state index in [0.717, 1.165) is 17.2 Å². The average molecular weight is 427 g/mol. The van der Waals surface area contributed by atoms with Crippen molar-refractivity contribution in [2.24, 2.45) is 0 Å². The average Bonchev–Trinajstić information content (AvgIpc) is 3.07. The van der Waals surface area contributed by atoms with Gasteiger partial charge in [0.2, 0.25) is 5.34 Å². The molecule has 27 heavy (non-hydrogen) atoms. The first-order chi connectivity index (χ1) is 12.4. The van der Waals surface area contributed by atoms with Crippen LogP contribution in [0.2, 0.25) is 0 Å². The first-order valence-corrected chi connectivity index (χ1v) is 10.2. The first-order valence-electron chi connectivity index (χ1n) is 7.11. The van der Waals surface area contributed by atoms with E-state index in [4.69, 9.17) is 20.3 Å². The molecule has 8 N–H and O–H groups in total. The van der Waals surface area contributed by atoms with Gasteiger partial charge in [-0.15, -0.1) is 0 Å². The van der Waals surface area contributed by atoms with E-state index < -0.39 is 45.8 Å². The van der Waals surface area contributed by atoms with E-state index in [9.17, 15) is 29.1 Å². The number of ether oxygens (including phenoxy) is 1. The number of fused-ring (bicyclic) bond motifs is 1. The molecule has 0 spiro atoms. The minimum Gasteiger partial charge on any atom is -0.385 e. The van der Waals surface area contributed by atoms with Crippen LogP contribution in [0, 0.1) is 0 Å². The maximum Gasteiger partial charge on any atom is 0.469 e. The Morgan fingerprint density at radius 2 is 1.93 bits per heavy atom. The molecule has 1 aliphatic rings. The quantitative estimate of drug-likeness (QED) is 0.247. The Hall–Kier alpha value is -1.51. The van der Waals surface area contributed by atoms with E-state index in [-0.39, 0.29) is 17.0 Å². The molecule has 3 heterocycles. The molecule has 1 aliphatic heterocycles. The molecule has 0 amide bonds. The van der Waals surface area contributed by atoms with Crippen LogP contribution in [0.15, 0.2) is 12.7 Å². The van der Waals surface area contributed by atoms with E-state index in [1.54, 1.807) is 0 Å². The zero-order valence-corrected chi connectivity index (χ0v) is 15.0. The van der Waals surface area contributed by atoms with Gasteiger partial charge in [-0.3, -0.25) is 13.7 Å². The Labute approximate surface area is 149 Å². The van der Waals surface area contributed by atoms with E-state index in [2.05, 4.69) is 19.5 Å². The second-order valence-corrected chi connectivity index (χ2v) is 8.70. The summed E-state index contributed by atoms with van der Waals surface area (Å²) >= 11 is 0. The standard InChI is InChI=1S/C10H15N5O10P2/c11-7-5-8(13-2-12-7)15(3-14-5)9-6(16)10(17,26(18,19)20)4(25-9)1-24-27(21,22)23/h2-4,6,9,16-17H,1H2,(H2,11,12,13)(H2,18,19,20)(H2,21,22,23)/t4-,6+,9-,10+/m1/s1. The normalized spacial score (nSPS) is 29.5. The van der Waals surface area contributed by atoms with Crippen molar-refractivity contribution in [1.29, 1.82) is 0 Å². The molecular formula is C10H15N5O10P2. The van der Waals surface area contributed by atoms with Gasteiger partial charge >= 0.3 is 15.4 Å². The van der Waals surface area contributed by atoms with Gasteiger partial charge in [0.25, 0.3) is 0 Å². The van der Waals surface area contributed by atoms with Crippen LogP contribution < -0.4 is 5.73 Å². The minimum absolute atomic E-state index is 0.0159. The van der Waals surface area contributed by atoms with E-state index in [0.29, 0.717) is 0 Å². The molecule has 15 nitrogen and oxygen atoms in total. The van der Waals surface area contributed by atoms with Crippen molar-refractivity contribution >= 4 is 32.4 Å². The van der Waals surface area contributed by atoms with Gasteiger partial charge in [0, 0.05) is 0 Å². The fourth-order valence-electron chi connectivity index (χ4n) is 2.70. The van der Waals surface area contributed by atoms with Gasteiger partial charge in [0.15, 0.2) is 17.7 Å². The Morgan fingerprint density at radius 3 is 2.52 bits per heavy atom. The number of anilines is 1. The number of rotatable bonds is 5. The van der Waals surface area contributed by atoms with Crippen LogP contribution in [0.5, 0.6) is 0 Å². The molecule has 4 atom stereocenters. The lowest BCUT2D eigenvalue weighted by molar-refractivity contribution is -0.0584. The molecular weight excluding hydrogens is 412 g/mol. The lowest BCUT2D eigenvalue weighted by atomic mass is 10.1. The molecule has 0 radical (unpaired) electrons. The summed E-state index contributed by atoms with van der Waals surface area (Å²) in [5.74, 6) is -0.0159. The Morgan fingerprint density at radius 1 is 1.26 bits per heavy atom. The number of hydrogen-bond donors (Lipinski definition) is 7. The summed E-state index contributed by atoms with van der Waals surface area (Å²) in [5.41, 5.74) is 5.76. The number of aromatic nitrogens is 4. The van der Waals surface area contributed by atoms with Gasteiger partial charge in [-0.25, -0.2) is 19.5 Å². The van der Waals surface area contributed by atoms with Crippen LogP contribution in [0.4, 0.5) is 5.82 Å². The van der Waals surface area contributed by atoms with E-state index in [1.807, 2.05) is 0 Å². The Bertz CT molecular complexity index is 957. The predicted octanol–water partition coefficient (Wildman–Crippen LogP) is -2.36. The molecule has 1 fully saturated rings. The lowest BCUT2D eigenvalue weighted by Crippen LogP contribution is -2.48.